The van der Waals surface area contributed by atoms with Crippen LogP contribution in [-0.4, -0.2) is 164 Å². The first-order chi connectivity index (χ1) is 26.8. The first-order valence-corrected chi connectivity index (χ1v) is 20.5. The Morgan fingerprint density at radius 3 is 2.26 bits per heavy atom. The topological polar surface area (TPSA) is 160 Å². The summed E-state index contributed by atoms with van der Waals surface area (Å²) in [5, 5.41) is 14.4. The second-order valence-electron chi connectivity index (χ2n) is 17.3. The van der Waals surface area contributed by atoms with Gasteiger partial charge in [-0.25, -0.2) is 4.79 Å². The lowest BCUT2D eigenvalue weighted by Crippen LogP contribution is -2.60. The molecule has 0 radical (unpaired) electrons. The smallest absolute Gasteiger partial charge is 0.321 e. The molecule has 1 aromatic rings. The van der Waals surface area contributed by atoms with Crippen molar-refractivity contribution in [2.24, 2.45) is 17.3 Å². The highest BCUT2D eigenvalue weighted by molar-refractivity contribution is 6.04. The van der Waals surface area contributed by atoms with E-state index in [9.17, 15) is 24.3 Å². The highest BCUT2D eigenvalue weighted by Gasteiger charge is 2.52. The van der Waals surface area contributed by atoms with Crippen molar-refractivity contribution < 1.29 is 48.0 Å². The highest BCUT2D eigenvalue weighted by atomic mass is 16.7. The van der Waals surface area contributed by atoms with Gasteiger partial charge in [-0.2, -0.15) is 0 Å². The standard InChI is InChI=1S/C42H69N5O10/c1-13-17-47-25-26(2)24-42(8,54-12)36(57-38-34(48)32(44(9)10)22-27(3)55-38)28(4)35(49)41(6,7)39(51)56-29(5)33(47)37(50)45-18-20-46(21-19-45)40(52)43-30-15-14-16-31(23-30)53-11/h14-16,23,26-29,32-34,36,38,48H,13,17-22,24-25H2,1-12H3,(H,43,52)/t26-,27-,28+,29+,32+,33-,34-,36-,38+,42-/m1/s1. The molecule has 3 saturated heterocycles. The van der Waals surface area contributed by atoms with Gasteiger partial charge in [0.1, 0.15) is 29.4 Å². The van der Waals surface area contributed by atoms with Crippen LogP contribution < -0.4 is 10.1 Å². The number of aliphatic hydroxyl groups excluding tert-OH is 1. The maximum Gasteiger partial charge on any atom is 0.321 e. The first kappa shape index (κ1) is 46.4. The van der Waals surface area contributed by atoms with E-state index in [1.165, 1.54) is 13.8 Å². The molecule has 4 rings (SSSR count). The van der Waals surface area contributed by atoms with Crippen LogP contribution in [-0.2, 0) is 33.3 Å². The number of methoxy groups -OCH3 is 2. The monoisotopic (exact) mass is 804 g/mol. The fourth-order valence-corrected chi connectivity index (χ4v) is 8.76. The van der Waals surface area contributed by atoms with Gasteiger partial charge in [-0.05, 0) is 92.6 Å². The lowest BCUT2D eigenvalue weighted by Gasteiger charge is -2.47. The molecule has 3 aliphatic heterocycles. The van der Waals surface area contributed by atoms with Crippen LogP contribution in [0.3, 0.4) is 0 Å². The number of piperazine rings is 1. The number of nitrogens with zero attached hydrogens (tertiary/aromatic N) is 4. The number of nitrogens with one attached hydrogen (secondary N) is 1. The Kier molecular flexibility index (Phi) is 15.9. The SMILES string of the molecule is CCCN1C[C@H](C)C[C@@](C)(OC)[C@H](O[C@@H]2O[C@H](C)C[C@H](N(C)C)[C@H]2O)[C@@H](C)C(=O)C(C)(C)C(=O)O[C@@H](C)[C@@H]1C(=O)N1CCN(C(=O)Nc2cccc(OC)c2)CC1. The molecular formula is C42H69N5O10. The molecule has 322 valence electrons. The Labute approximate surface area is 339 Å². The Morgan fingerprint density at radius 1 is 1.02 bits per heavy atom. The lowest BCUT2D eigenvalue weighted by atomic mass is 9.74. The quantitative estimate of drug-likeness (QED) is 0.275. The lowest BCUT2D eigenvalue weighted by molar-refractivity contribution is -0.295. The van der Waals surface area contributed by atoms with Crippen LogP contribution in [0.2, 0.25) is 0 Å². The second-order valence-corrected chi connectivity index (χ2v) is 17.3. The molecule has 0 aliphatic carbocycles. The van der Waals surface area contributed by atoms with Gasteiger partial charge in [0.15, 0.2) is 12.1 Å². The van der Waals surface area contributed by atoms with E-state index in [1.54, 1.807) is 62.1 Å². The maximum atomic E-state index is 14.7. The third-order valence-corrected chi connectivity index (χ3v) is 12.0. The van der Waals surface area contributed by atoms with Crippen LogP contribution in [0.1, 0.15) is 74.7 Å². The number of hydrogen-bond acceptors (Lipinski definition) is 12. The number of rotatable bonds is 9. The number of amides is 3. The van der Waals surface area contributed by atoms with E-state index in [0.717, 1.165) is 6.42 Å². The Morgan fingerprint density at radius 2 is 1.67 bits per heavy atom. The number of Topliss-reactive ketones (excluding diaryl/α,β-unsaturated/α-hetero) is 1. The fourth-order valence-electron chi connectivity index (χ4n) is 8.76. The normalized spacial score (nSPS) is 33.5. The number of cyclic esters (lactones) is 1. The predicted molar refractivity (Wildman–Crippen MR) is 216 cm³/mol. The summed E-state index contributed by atoms with van der Waals surface area (Å²) in [5.74, 6) is -1.72. The van der Waals surface area contributed by atoms with E-state index in [4.69, 9.17) is 23.7 Å². The summed E-state index contributed by atoms with van der Waals surface area (Å²) in [5.41, 5.74) is -2.10. The Hall–Kier alpha value is -3.34. The van der Waals surface area contributed by atoms with Crippen LogP contribution >= 0.6 is 0 Å². The predicted octanol–water partition coefficient (Wildman–Crippen LogP) is 3.87. The van der Waals surface area contributed by atoms with Crippen LogP contribution in [0.4, 0.5) is 10.5 Å². The minimum atomic E-state index is -1.62. The summed E-state index contributed by atoms with van der Waals surface area (Å²) >= 11 is 0. The molecule has 1 aromatic carbocycles. The van der Waals surface area contributed by atoms with Crippen molar-refractivity contribution in [1.29, 1.82) is 0 Å². The number of carbonyl (C=O) groups excluding carboxylic acids is 4. The number of ether oxygens (including phenoxy) is 5. The molecule has 3 amide bonds. The molecule has 3 heterocycles. The molecule has 57 heavy (non-hydrogen) atoms. The number of benzene rings is 1. The molecule has 0 spiro atoms. The summed E-state index contributed by atoms with van der Waals surface area (Å²) in [7, 11) is 6.94. The van der Waals surface area contributed by atoms with Gasteiger partial charge in [-0.1, -0.05) is 26.8 Å². The average molecular weight is 804 g/mol. The van der Waals surface area contributed by atoms with Crippen molar-refractivity contribution in [1.82, 2.24) is 19.6 Å². The number of likely N-dealkylation sites (N-methyl/N-ethyl adjacent to an activating group) is 1. The van der Waals surface area contributed by atoms with Gasteiger partial charge in [0.2, 0.25) is 5.91 Å². The Balaban J connectivity index is 1.62. The molecule has 15 nitrogen and oxygen atoms in total. The van der Waals surface area contributed by atoms with E-state index in [2.05, 4.69) is 17.1 Å². The molecular weight excluding hydrogens is 734 g/mol. The number of hydrogen-bond donors (Lipinski definition) is 2. The fraction of sp³-hybridized carbons (Fsp3) is 0.762. The Bertz CT molecular complexity index is 1540. The molecule has 0 saturated carbocycles. The number of carbonyl (C=O) groups is 4. The van der Waals surface area contributed by atoms with Crippen molar-refractivity contribution in [3.05, 3.63) is 24.3 Å². The molecule has 10 atom stereocenters. The number of esters is 1. The minimum Gasteiger partial charge on any atom is -0.497 e. The van der Waals surface area contributed by atoms with Gasteiger partial charge in [-0.3, -0.25) is 19.3 Å². The van der Waals surface area contributed by atoms with Gasteiger partial charge in [0.05, 0.1) is 24.9 Å². The molecule has 0 aromatic heterocycles. The molecule has 0 unspecified atom stereocenters. The zero-order valence-electron chi connectivity index (χ0n) is 36.3. The van der Waals surface area contributed by atoms with Crippen LogP contribution in [0.5, 0.6) is 5.75 Å². The van der Waals surface area contributed by atoms with Gasteiger partial charge >= 0.3 is 12.0 Å². The minimum absolute atomic E-state index is 0.0929. The van der Waals surface area contributed by atoms with E-state index < -0.39 is 59.3 Å². The van der Waals surface area contributed by atoms with Gasteiger partial charge in [0, 0.05) is 63.5 Å². The molecule has 15 heteroatoms. The molecule has 3 aliphatic rings. The summed E-state index contributed by atoms with van der Waals surface area (Å²) in [6.07, 6.45) is -2.35. The summed E-state index contributed by atoms with van der Waals surface area (Å²) in [6, 6.07) is 5.75. The van der Waals surface area contributed by atoms with Gasteiger partial charge in [0.25, 0.3) is 0 Å². The molecule has 2 N–H and O–H groups in total. The van der Waals surface area contributed by atoms with Crippen LogP contribution in [0.25, 0.3) is 0 Å². The van der Waals surface area contributed by atoms with Crippen molar-refractivity contribution in [3.63, 3.8) is 0 Å². The summed E-state index contributed by atoms with van der Waals surface area (Å²) in [4.78, 5) is 63.9. The van der Waals surface area contributed by atoms with Gasteiger partial charge < -0.3 is 48.8 Å². The van der Waals surface area contributed by atoms with Crippen molar-refractivity contribution in [2.75, 3.05) is 72.9 Å². The van der Waals surface area contributed by atoms with E-state index >= 15 is 0 Å². The summed E-state index contributed by atoms with van der Waals surface area (Å²) < 4.78 is 30.6. The average Bonchev–Trinajstić information content (AvgIpc) is 3.17. The molecule has 3 fully saturated rings. The van der Waals surface area contributed by atoms with Gasteiger partial charge in [-0.15, -0.1) is 0 Å². The first-order valence-electron chi connectivity index (χ1n) is 20.5. The zero-order chi connectivity index (χ0) is 42.4. The maximum absolute atomic E-state index is 14.7. The third kappa shape index (κ3) is 10.8. The van der Waals surface area contributed by atoms with Crippen molar-refractivity contribution >= 4 is 29.4 Å². The largest absolute Gasteiger partial charge is 0.497 e. The number of anilines is 1. The number of ketones is 1. The number of urea groups is 1. The van der Waals surface area contributed by atoms with Crippen LogP contribution in [0.15, 0.2) is 24.3 Å². The highest BCUT2D eigenvalue weighted by Crippen LogP contribution is 2.39. The van der Waals surface area contributed by atoms with Crippen LogP contribution in [0, 0.1) is 17.3 Å². The third-order valence-electron chi connectivity index (χ3n) is 12.0. The number of aliphatic hydroxyl groups is 1. The zero-order valence-corrected chi connectivity index (χ0v) is 36.3. The summed E-state index contributed by atoms with van der Waals surface area (Å²) in [6.45, 7) is 16.6. The van der Waals surface area contributed by atoms with Crippen molar-refractivity contribution in [3.8, 4) is 5.75 Å². The second kappa shape index (κ2) is 19.6. The van der Waals surface area contributed by atoms with E-state index in [-0.39, 0.29) is 30.0 Å². The van der Waals surface area contributed by atoms with Crippen molar-refractivity contribution in [2.45, 2.75) is 123 Å². The van der Waals surface area contributed by atoms with E-state index in [0.29, 0.717) is 63.5 Å². The van der Waals surface area contributed by atoms with E-state index in [1.807, 2.05) is 39.8 Å². The molecule has 0 bridgehead atoms.